The summed E-state index contributed by atoms with van der Waals surface area (Å²) in [5.74, 6) is -0.0988. The zero-order chi connectivity index (χ0) is 16.9. The van der Waals surface area contributed by atoms with E-state index in [1.165, 1.54) is 0 Å². The Balaban J connectivity index is 1.58. The van der Waals surface area contributed by atoms with Crippen LogP contribution in [0.25, 0.3) is 0 Å². The molecule has 24 heavy (non-hydrogen) atoms. The molecular weight excluding hydrogens is 390 g/mol. The van der Waals surface area contributed by atoms with E-state index in [1.807, 2.05) is 59.4 Å². The second kappa shape index (κ2) is 7.64. The van der Waals surface area contributed by atoms with Crippen LogP contribution in [0.4, 0.5) is 0 Å². The quantitative estimate of drug-likeness (QED) is 0.690. The number of aromatic nitrogens is 2. The summed E-state index contributed by atoms with van der Waals surface area (Å²) in [6, 6.07) is 14.9. The number of carbonyl (C=O) groups is 1. The van der Waals surface area contributed by atoms with Crippen LogP contribution in [-0.4, -0.2) is 15.7 Å². The highest BCUT2D eigenvalue weighted by Crippen LogP contribution is 2.11. The number of benzene rings is 2. The molecule has 0 radical (unpaired) electrons. The van der Waals surface area contributed by atoms with Crippen molar-refractivity contribution in [3.8, 4) is 0 Å². The Morgan fingerprint density at radius 2 is 1.75 bits per heavy atom. The van der Waals surface area contributed by atoms with E-state index in [4.69, 9.17) is 11.6 Å². The average molecular weight is 405 g/mol. The lowest BCUT2D eigenvalue weighted by molar-refractivity contribution is 0.0951. The van der Waals surface area contributed by atoms with Gasteiger partial charge in [-0.1, -0.05) is 35.9 Å². The fourth-order valence-corrected chi connectivity index (χ4v) is 2.71. The van der Waals surface area contributed by atoms with E-state index in [0.717, 1.165) is 15.6 Å². The van der Waals surface area contributed by atoms with Crippen molar-refractivity contribution in [1.82, 2.24) is 15.1 Å². The van der Waals surface area contributed by atoms with Crippen LogP contribution in [0, 0.1) is 0 Å². The zero-order valence-electron chi connectivity index (χ0n) is 12.7. The van der Waals surface area contributed by atoms with E-state index in [9.17, 15) is 4.79 Å². The van der Waals surface area contributed by atoms with Gasteiger partial charge in [-0.05, 0) is 51.3 Å². The summed E-state index contributed by atoms with van der Waals surface area (Å²) in [6.45, 7) is 1.14. The molecule has 0 atom stereocenters. The Bertz CT molecular complexity index is 828. The van der Waals surface area contributed by atoms with Gasteiger partial charge >= 0.3 is 0 Å². The maximum absolute atomic E-state index is 12.2. The Morgan fingerprint density at radius 3 is 2.38 bits per heavy atom. The summed E-state index contributed by atoms with van der Waals surface area (Å²) >= 11 is 9.22. The highest BCUT2D eigenvalue weighted by molar-refractivity contribution is 9.10. The Labute approximate surface area is 153 Å². The van der Waals surface area contributed by atoms with E-state index in [0.29, 0.717) is 23.7 Å². The molecule has 0 aliphatic carbocycles. The molecule has 0 saturated heterocycles. The van der Waals surface area contributed by atoms with E-state index in [1.54, 1.807) is 6.20 Å². The Kier molecular flexibility index (Phi) is 5.33. The van der Waals surface area contributed by atoms with Gasteiger partial charge in [0.25, 0.3) is 5.91 Å². The molecule has 0 unspecified atom stereocenters. The number of amides is 1. The first-order chi connectivity index (χ1) is 11.6. The lowest BCUT2D eigenvalue weighted by Crippen LogP contribution is -2.22. The Morgan fingerprint density at radius 1 is 1.08 bits per heavy atom. The molecule has 1 heterocycles. The lowest BCUT2D eigenvalue weighted by Gasteiger charge is -2.07. The van der Waals surface area contributed by atoms with Crippen LogP contribution in [0.3, 0.4) is 0 Å². The SMILES string of the molecule is O=C(NCc1ccc(Cl)cc1)c1ccc(Cn2cc(Br)cn2)cc1. The topological polar surface area (TPSA) is 46.9 Å². The number of rotatable bonds is 5. The number of carbonyl (C=O) groups excluding carboxylic acids is 1. The largest absolute Gasteiger partial charge is 0.348 e. The molecule has 0 aliphatic heterocycles. The van der Waals surface area contributed by atoms with E-state index in [2.05, 4.69) is 26.3 Å². The molecule has 2 aromatic carbocycles. The fraction of sp³-hybridized carbons (Fsp3) is 0.111. The van der Waals surface area contributed by atoms with Gasteiger partial charge in [-0.25, -0.2) is 0 Å². The van der Waals surface area contributed by atoms with Crippen LogP contribution in [0.5, 0.6) is 0 Å². The predicted molar refractivity (Wildman–Crippen MR) is 98.1 cm³/mol. The van der Waals surface area contributed by atoms with Crippen LogP contribution >= 0.6 is 27.5 Å². The number of nitrogens with zero attached hydrogens (tertiary/aromatic N) is 2. The number of nitrogens with one attached hydrogen (secondary N) is 1. The minimum Gasteiger partial charge on any atom is -0.348 e. The highest BCUT2D eigenvalue weighted by Gasteiger charge is 2.06. The summed E-state index contributed by atoms with van der Waals surface area (Å²) in [6.07, 6.45) is 3.66. The fourth-order valence-electron chi connectivity index (χ4n) is 2.26. The molecule has 0 fully saturated rings. The molecule has 0 spiro atoms. The highest BCUT2D eigenvalue weighted by atomic mass is 79.9. The van der Waals surface area contributed by atoms with E-state index < -0.39 is 0 Å². The molecule has 0 bridgehead atoms. The summed E-state index contributed by atoms with van der Waals surface area (Å²) in [4.78, 5) is 12.2. The summed E-state index contributed by atoms with van der Waals surface area (Å²) in [5.41, 5.74) is 2.72. The normalized spacial score (nSPS) is 10.6. The predicted octanol–water partition coefficient (Wildman–Crippen LogP) is 4.28. The van der Waals surface area contributed by atoms with Crippen molar-refractivity contribution in [2.45, 2.75) is 13.1 Å². The standard InChI is InChI=1S/C18H15BrClN3O/c19-16-10-22-23(12-16)11-14-1-5-15(6-2-14)18(24)21-9-13-3-7-17(20)8-4-13/h1-8,10,12H,9,11H2,(H,21,24). The summed E-state index contributed by atoms with van der Waals surface area (Å²) < 4.78 is 2.78. The van der Waals surface area contributed by atoms with Crippen molar-refractivity contribution in [3.05, 3.63) is 87.1 Å². The van der Waals surface area contributed by atoms with Crippen molar-refractivity contribution in [3.63, 3.8) is 0 Å². The zero-order valence-corrected chi connectivity index (χ0v) is 15.1. The van der Waals surface area contributed by atoms with Gasteiger partial charge in [0.2, 0.25) is 0 Å². The number of hydrogen-bond donors (Lipinski definition) is 1. The van der Waals surface area contributed by atoms with Gasteiger partial charge < -0.3 is 5.32 Å². The van der Waals surface area contributed by atoms with Crippen LogP contribution in [0.15, 0.2) is 65.4 Å². The monoisotopic (exact) mass is 403 g/mol. The third-order valence-electron chi connectivity index (χ3n) is 3.53. The van der Waals surface area contributed by atoms with Crippen molar-refractivity contribution in [2.24, 2.45) is 0 Å². The minimum atomic E-state index is -0.0988. The molecule has 0 saturated carbocycles. The third kappa shape index (κ3) is 4.46. The van der Waals surface area contributed by atoms with Gasteiger partial charge in [0.1, 0.15) is 0 Å². The second-order valence-electron chi connectivity index (χ2n) is 5.36. The van der Waals surface area contributed by atoms with Gasteiger partial charge in [-0.2, -0.15) is 5.10 Å². The molecule has 1 aromatic heterocycles. The van der Waals surface area contributed by atoms with Gasteiger partial charge in [0, 0.05) is 23.3 Å². The molecule has 0 aliphatic rings. The number of halogens is 2. The summed E-state index contributed by atoms with van der Waals surface area (Å²) in [7, 11) is 0. The van der Waals surface area contributed by atoms with Crippen molar-refractivity contribution >= 4 is 33.4 Å². The van der Waals surface area contributed by atoms with Crippen molar-refractivity contribution in [1.29, 1.82) is 0 Å². The average Bonchev–Trinajstić information content (AvgIpc) is 2.99. The molecule has 1 amide bonds. The van der Waals surface area contributed by atoms with E-state index >= 15 is 0 Å². The van der Waals surface area contributed by atoms with Gasteiger partial charge in [0.15, 0.2) is 0 Å². The van der Waals surface area contributed by atoms with Crippen molar-refractivity contribution < 1.29 is 4.79 Å². The van der Waals surface area contributed by atoms with Gasteiger partial charge in [0.05, 0.1) is 17.2 Å². The maximum Gasteiger partial charge on any atom is 0.251 e. The van der Waals surface area contributed by atoms with Crippen molar-refractivity contribution in [2.75, 3.05) is 0 Å². The van der Waals surface area contributed by atoms with Crippen LogP contribution < -0.4 is 5.32 Å². The smallest absolute Gasteiger partial charge is 0.251 e. The first kappa shape index (κ1) is 16.7. The van der Waals surface area contributed by atoms with E-state index in [-0.39, 0.29) is 5.91 Å². The molecular formula is C18H15BrClN3O. The molecule has 4 nitrogen and oxygen atoms in total. The van der Waals surface area contributed by atoms with Crippen LogP contribution in [0.1, 0.15) is 21.5 Å². The molecule has 3 rings (SSSR count). The molecule has 3 aromatic rings. The number of hydrogen-bond acceptors (Lipinski definition) is 2. The van der Waals surface area contributed by atoms with Crippen LogP contribution in [-0.2, 0) is 13.1 Å². The third-order valence-corrected chi connectivity index (χ3v) is 4.19. The minimum absolute atomic E-state index is 0.0988. The Hall–Kier alpha value is -2.11. The first-order valence-corrected chi connectivity index (χ1v) is 8.57. The van der Waals surface area contributed by atoms with Crippen LogP contribution in [0.2, 0.25) is 5.02 Å². The van der Waals surface area contributed by atoms with Gasteiger partial charge in [-0.3, -0.25) is 9.48 Å². The molecule has 6 heteroatoms. The molecule has 1 N–H and O–H groups in total. The summed E-state index contributed by atoms with van der Waals surface area (Å²) in [5, 5.41) is 7.81. The lowest BCUT2D eigenvalue weighted by atomic mass is 10.1. The second-order valence-corrected chi connectivity index (χ2v) is 6.71. The first-order valence-electron chi connectivity index (χ1n) is 7.40. The molecule has 122 valence electrons. The van der Waals surface area contributed by atoms with Gasteiger partial charge in [-0.15, -0.1) is 0 Å². The maximum atomic E-state index is 12.2.